The fraction of sp³-hybridized carbons (Fsp3) is 0.375. The van der Waals surface area contributed by atoms with Crippen LogP contribution in [0.25, 0.3) is 0 Å². The maximum atomic E-state index is 13.2. The number of carbonyl (C=O) groups is 2. The van der Waals surface area contributed by atoms with E-state index in [2.05, 4.69) is 35.8 Å². The van der Waals surface area contributed by atoms with Crippen LogP contribution >= 0.6 is 11.3 Å². The summed E-state index contributed by atoms with van der Waals surface area (Å²) in [5.41, 5.74) is 12.4. The number of thiazole rings is 1. The smallest absolute Gasteiger partial charge is 0.362 e. The van der Waals surface area contributed by atoms with E-state index in [9.17, 15) is 22.6 Å². The molecule has 2 saturated heterocycles. The number of nitrogens with one attached hydrogen (secondary N) is 2. The highest BCUT2D eigenvalue weighted by molar-refractivity contribution is 7.84. The molecule has 4 heterocycles. The maximum Gasteiger partial charge on any atom is 0.362 e. The third-order valence-corrected chi connectivity index (χ3v) is 8.25. The summed E-state index contributed by atoms with van der Waals surface area (Å²) >= 11 is 1.05. The van der Waals surface area contributed by atoms with Crippen LogP contribution in [0.4, 0.5) is 5.13 Å². The maximum absolute atomic E-state index is 13.2. The molecule has 18 nitrogen and oxygen atoms in total. The van der Waals surface area contributed by atoms with Crippen LogP contribution in [0.2, 0.25) is 0 Å². The average molecular weight is 648 g/mol. The molecule has 2 aliphatic heterocycles. The first-order valence-electron chi connectivity index (χ1n) is 13.2. The molecule has 2 fully saturated rings. The largest absolute Gasteiger partial charge is 0.490 e. The Morgan fingerprint density at radius 1 is 1.27 bits per heavy atom. The van der Waals surface area contributed by atoms with E-state index in [0.717, 1.165) is 36.4 Å². The van der Waals surface area contributed by atoms with Crippen molar-refractivity contribution in [2.45, 2.75) is 31.1 Å². The minimum absolute atomic E-state index is 0.0652. The van der Waals surface area contributed by atoms with Gasteiger partial charge in [-0.25, -0.2) is 14.3 Å². The number of β-lactam (4-membered cyclic amide) rings is 1. The number of amides is 2. The summed E-state index contributed by atoms with van der Waals surface area (Å²) in [6.45, 7) is 1.55. The van der Waals surface area contributed by atoms with Crippen LogP contribution in [0.5, 0.6) is 5.75 Å². The third-order valence-electron chi connectivity index (χ3n) is 6.63. The van der Waals surface area contributed by atoms with Gasteiger partial charge in [0.15, 0.2) is 17.5 Å². The summed E-state index contributed by atoms with van der Waals surface area (Å²) in [5.74, 6) is -0.939. The van der Waals surface area contributed by atoms with Gasteiger partial charge in [0.2, 0.25) is 0 Å². The molecular weight excluding hydrogens is 618 g/mol. The van der Waals surface area contributed by atoms with Gasteiger partial charge in [-0.15, -0.1) is 11.3 Å². The molecule has 0 saturated carbocycles. The fourth-order valence-electron chi connectivity index (χ4n) is 4.52. The van der Waals surface area contributed by atoms with Gasteiger partial charge in [0.05, 0.1) is 18.6 Å². The Balaban J connectivity index is 1.20. The van der Waals surface area contributed by atoms with Gasteiger partial charge in [-0.2, -0.15) is 13.5 Å². The van der Waals surface area contributed by atoms with E-state index in [1.807, 2.05) is 0 Å². The Morgan fingerprint density at radius 3 is 2.70 bits per heavy atom. The van der Waals surface area contributed by atoms with Crippen LogP contribution in [0.3, 0.4) is 0 Å². The molecular formula is C24H29N11O7S2. The minimum atomic E-state index is -4.90. The van der Waals surface area contributed by atoms with Crippen molar-refractivity contribution in [3.05, 3.63) is 53.6 Å². The van der Waals surface area contributed by atoms with E-state index in [-0.39, 0.29) is 46.6 Å². The van der Waals surface area contributed by atoms with Crippen LogP contribution in [0.1, 0.15) is 17.7 Å². The van der Waals surface area contributed by atoms with Gasteiger partial charge >= 0.3 is 10.3 Å². The predicted octanol–water partition coefficient (Wildman–Crippen LogP) is -1.62. The van der Waals surface area contributed by atoms with Gasteiger partial charge in [-0.3, -0.25) is 23.8 Å². The van der Waals surface area contributed by atoms with Crippen molar-refractivity contribution in [1.29, 1.82) is 0 Å². The quantitative estimate of drug-likeness (QED) is 0.0350. The van der Waals surface area contributed by atoms with Crippen molar-refractivity contribution in [3.8, 4) is 5.75 Å². The predicted molar refractivity (Wildman–Crippen MR) is 157 cm³/mol. The zero-order valence-electron chi connectivity index (χ0n) is 23.0. The first-order chi connectivity index (χ1) is 21.1. The Kier molecular flexibility index (Phi) is 9.32. The fourth-order valence-corrected chi connectivity index (χ4v) is 5.94. The summed E-state index contributed by atoms with van der Waals surface area (Å²) in [6.07, 6.45) is 3.44. The standard InChI is InChI=1S/C24H29N11O7S2/c25-21(30-15-5-6-27-9-15)14-1-3-16(4-2-14)41-7-8-42-33-19(17-11-43-24(26)31-17)22(36)32-20-18(10-34-13-28-12-29-34)35(23(20)37)44(38,39)40/h1-4,11-13,15,18,20,27H,5-10H2,(H2,25,30)(H2,26,31)(H,32,36)(H,38,39,40)/b33-19-. The van der Waals surface area contributed by atoms with Gasteiger partial charge < -0.3 is 31.7 Å². The van der Waals surface area contributed by atoms with Crippen molar-refractivity contribution in [2.24, 2.45) is 15.9 Å². The number of aliphatic imine (C=N–C) groups is 1. The Morgan fingerprint density at radius 2 is 2.07 bits per heavy atom. The summed E-state index contributed by atoms with van der Waals surface area (Å²) in [6, 6.07) is 4.72. The zero-order valence-corrected chi connectivity index (χ0v) is 24.6. The van der Waals surface area contributed by atoms with Crippen molar-refractivity contribution in [3.63, 3.8) is 0 Å². The molecule has 3 aromatic rings. The number of oxime groups is 1. The molecule has 20 heteroatoms. The molecule has 2 aliphatic rings. The number of aromatic nitrogens is 4. The summed E-state index contributed by atoms with van der Waals surface area (Å²) in [7, 11) is -4.90. The van der Waals surface area contributed by atoms with Gasteiger partial charge in [0.25, 0.3) is 11.8 Å². The molecule has 2 aromatic heterocycles. The second-order valence-electron chi connectivity index (χ2n) is 9.63. The van der Waals surface area contributed by atoms with Crippen molar-refractivity contribution >= 4 is 50.1 Å². The minimum Gasteiger partial charge on any atom is -0.490 e. The van der Waals surface area contributed by atoms with Gasteiger partial charge in [0, 0.05) is 17.5 Å². The monoisotopic (exact) mass is 647 g/mol. The number of hydrogen-bond acceptors (Lipinski definition) is 14. The molecule has 5 rings (SSSR count). The first-order valence-corrected chi connectivity index (χ1v) is 15.5. The van der Waals surface area contributed by atoms with E-state index < -0.39 is 34.2 Å². The lowest BCUT2D eigenvalue weighted by atomic mass is 9.98. The number of carbonyl (C=O) groups excluding carboxylic acids is 2. The van der Waals surface area contributed by atoms with Gasteiger partial charge in [0.1, 0.15) is 42.6 Å². The van der Waals surface area contributed by atoms with Crippen LogP contribution in [0.15, 0.2) is 52.4 Å². The molecule has 234 valence electrons. The third kappa shape index (κ3) is 7.27. The highest BCUT2D eigenvalue weighted by atomic mass is 32.2. The lowest BCUT2D eigenvalue weighted by molar-refractivity contribution is -0.145. The molecule has 0 aliphatic carbocycles. The van der Waals surface area contributed by atoms with Crippen molar-refractivity contribution < 1.29 is 32.1 Å². The Bertz CT molecular complexity index is 1640. The van der Waals surface area contributed by atoms with Crippen molar-refractivity contribution in [1.82, 2.24) is 34.7 Å². The first kappa shape index (κ1) is 30.8. The van der Waals surface area contributed by atoms with E-state index >= 15 is 0 Å². The Hall–Kier alpha value is -4.66. The number of nitrogens with zero attached hydrogens (tertiary/aromatic N) is 7. The number of rotatable bonds is 13. The summed E-state index contributed by atoms with van der Waals surface area (Å²) in [5, 5.41) is 15.1. The average Bonchev–Trinajstić information content (AvgIpc) is 3.77. The summed E-state index contributed by atoms with van der Waals surface area (Å²) in [4.78, 5) is 43.5. The number of anilines is 1. The second kappa shape index (κ2) is 13.3. The number of amidine groups is 1. The van der Waals surface area contributed by atoms with Gasteiger partial charge in [-0.05, 0) is 37.2 Å². The number of benzene rings is 1. The molecule has 3 atom stereocenters. The number of hydrogen-bond donors (Lipinski definition) is 5. The van der Waals surface area contributed by atoms with Crippen LogP contribution in [-0.2, 0) is 31.3 Å². The van der Waals surface area contributed by atoms with E-state index in [0.29, 0.717) is 11.6 Å². The van der Waals surface area contributed by atoms with Crippen LogP contribution < -0.4 is 26.8 Å². The van der Waals surface area contributed by atoms with E-state index in [1.54, 1.807) is 24.3 Å². The normalized spacial score (nSPS) is 20.8. The highest BCUT2D eigenvalue weighted by Gasteiger charge is 2.54. The molecule has 0 spiro atoms. The molecule has 0 radical (unpaired) electrons. The van der Waals surface area contributed by atoms with Crippen molar-refractivity contribution in [2.75, 3.05) is 32.0 Å². The topological polar surface area (TPSA) is 255 Å². The molecule has 3 unspecified atom stereocenters. The second-order valence-corrected chi connectivity index (χ2v) is 11.8. The summed E-state index contributed by atoms with van der Waals surface area (Å²) < 4.78 is 40.3. The number of nitrogen functional groups attached to an aromatic ring is 1. The Labute approximate surface area is 255 Å². The lowest BCUT2D eigenvalue weighted by Crippen LogP contribution is -2.73. The van der Waals surface area contributed by atoms with Crippen LogP contribution in [0, 0.1) is 0 Å². The number of nitrogens with two attached hydrogens (primary N) is 2. The molecule has 1 aromatic carbocycles. The van der Waals surface area contributed by atoms with Crippen LogP contribution in [-0.4, -0.2) is 105 Å². The molecule has 7 N–H and O–H groups in total. The highest BCUT2D eigenvalue weighted by Crippen LogP contribution is 2.25. The molecule has 44 heavy (non-hydrogen) atoms. The zero-order chi connectivity index (χ0) is 31.3. The number of ether oxygens (including phenoxy) is 1. The van der Waals surface area contributed by atoms with Gasteiger partial charge in [-0.1, -0.05) is 5.16 Å². The van der Waals surface area contributed by atoms with E-state index in [1.165, 1.54) is 22.7 Å². The SMILES string of the molecule is NC(=NC1CCNC1)c1ccc(OCCO/N=C(\C(=O)NC2C(=O)N(S(=O)(=O)O)C2Cn2cncn2)c2csc(N)n2)cc1. The molecule has 2 amide bonds. The lowest BCUT2D eigenvalue weighted by Gasteiger charge is -2.43. The molecule has 0 bridgehead atoms. The van der Waals surface area contributed by atoms with E-state index in [4.69, 9.17) is 21.0 Å².